The van der Waals surface area contributed by atoms with Gasteiger partial charge in [0.15, 0.2) is 0 Å². The third kappa shape index (κ3) is 4.04. The van der Waals surface area contributed by atoms with E-state index in [-0.39, 0.29) is 18.4 Å². The summed E-state index contributed by atoms with van der Waals surface area (Å²) in [6.45, 7) is 3.91. The van der Waals surface area contributed by atoms with E-state index in [1.54, 1.807) is 19.4 Å². The average Bonchev–Trinajstić information content (AvgIpc) is 2.30. The number of hydrogen-bond donors (Lipinski definition) is 3. The van der Waals surface area contributed by atoms with Gasteiger partial charge in [0.2, 0.25) is 0 Å². The molecule has 1 aromatic rings. The average molecular weight is 272 g/mol. The second-order valence-corrected chi connectivity index (χ2v) is 5.86. The Morgan fingerprint density at radius 3 is 2.78 bits per heavy atom. The highest BCUT2D eigenvalue weighted by Crippen LogP contribution is 2.23. The number of aryl methyl sites for hydroxylation is 1. The molecule has 0 spiro atoms. The largest absolute Gasteiger partial charge is 0.506 e. The van der Waals surface area contributed by atoms with Crippen LogP contribution in [0.5, 0.6) is 5.75 Å². The molecule has 5 nitrogen and oxygen atoms in total. The van der Waals surface area contributed by atoms with Gasteiger partial charge >= 0.3 is 0 Å². The number of rotatable bonds is 6. The quantitative estimate of drug-likeness (QED) is 0.700. The Morgan fingerprint density at radius 1 is 1.56 bits per heavy atom. The molecule has 1 heterocycles. The van der Waals surface area contributed by atoms with E-state index in [2.05, 4.69) is 10.3 Å². The van der Waals surface area contributed by atoms with Crippen LogP contribution in [0.4, 0.5) is 0 Å². The van der Waals surface area contributed by atoms with E-state index in [1.807, 2.05) is 6.92 Å². The van der Waals surface area contributed by atoms with Crippen molar-refractivity contribution in [3.8, 4) is 5.75 Å². The molecule has 3 N–H and O–H groups in total. The molecule has 0 amide bonds. The SMILES string of the molecule is Cc1ncc(CO)c(CNC(C)CS(C)=O)c1O. The summed E-state index contributed by atoms with van der Waals surface area (Å²) in [5.74, 6) is 0.665. The Balaban J connectivity index is 2.77. The Labute approximate surface area is 110 Å². The lowest BCUT2D eigenvalue weighted by atomic mass is 10.1. The van der Waals surface area contributed by atoms with Crippen molar-refractivity contribution < 1.29 is 14.4 Å². The number of nitrogens with one attached hydrogen (secondary N) is 1. The van der Waals surface area contributed by atoms with Gasteiger partial charge in [-0.1, -0.05) is 0 Å². The van der Waals surface area contributed by atoms with Gasteiger partial charge in [-0.25, -0.2) is 0 Å². The minimum Gasteiger partial charge on any atom is -0.506 e. The van der Waals surface area contributed by atoms with Crippen LogP contribution in [-0.2, 0) is 24.0 Å². The Kier molecular flexibility index (Phi) is 5.71. The number of hydrogen-bond acceptors (Lipinski definition) is 5. The smallest absolute Gasteiger partial charge is 0.141 e. The van der Waals surface area contributed by atoms with Crippen LogP contribution in [0.15, 0.2) is 6.20 Å². The molecule has 0 radical (unpaired) electrons. The lowest BCUT2D eigenvalue weighted by molar-refractivity contribution is 0.278. The van der Waals surface area contributed by atoms with Gasteiger partial charge in [0.1, 0.15) is 5.75 Å². The van der Waals surface area contributed by atoms with E-state index < -0.39 is 10.8 Å². The molecule has 2 unspecified atom stereocenters. The van der Waals surface area contributed by atoms with Crippen LogP contribution in [0.25, 0.3) is 0 Å². The lowest BCUT2D eigenvalue weighted by Crippen LogP contribution is -2.30. The van der Waals surface area contributed by atoms with Crippen molar-refractivity contribution in [2.45, 2.75) is 33.0 Å². The number of aromatic hydroxyl groups is 1. The van der Waals surface area contributed by atoms with Crippen molar-refractivity contribution in [3.05, 3.63) is 23.0 Å². The highest BCUT2D eigenvalue weighted by Gasteiger charge is 2.12. The van der Waals surface area contributed by atoms with E-state index in [9.17, 15) is 14.4 Å². The molecule has 102 valence electrons. The summed E-state index contributed by atoms with van der Waals surface area (Å²) in [7, 11) is -0.857. The van der Waals surface area contributed by atoms with Gasteiger partial charge in [-0.3, -0.25) is 9.19 Å². The van der Waals surface area contributed by atoms with Gasteiger partial charge in [0, 0.05) is 52.7 Å². The van der Waals surface area contributed by atoms with Gasteiger partial charge in [-0.05, 0) is 13.8 Å². The first-order valence-corrected chi connectivity index (χ1v) is 7.49. The molecule has 2 atom stereocenters. The first-order chi connectivity index (χ1) is 8.45. The fraction of sp³-hybridized carbons (Fsp3) is 0.583. The molecule has 0 saturated heterocycles. The second kappa shape index (κ2) is 6.82. The molecule has 18 heavy (non-hydrogen) atoms. The van der Waals surface area contributed by atoms with Crippen LogP contribution in [0.1, 0.15) is 23.7 Å². The number of pyridine rings is 1. The molecule has 1 aromatic heterocycles. The molecular weight excluding hydrogens is 252 g/mol. The summed E-state index contributed by atoms with van der Waals surface area (Å²) >= 11 is 0. The van der Waals surface area contributed by atoms with Crippen molar-refractivity contribution in [2.75, 3.05) is 12.0 Å². The summed E-state index contributed by atoms with van der Waals surface area (Å²) in [5, 5.41) is 22.3. The van der Waals surface area contributed by atoms with E-state index in [1.165, 1.54) is 0 Å². The first-order valence-electron chi connectivity index (χ1n) is 5.76. The molecule has 1 rings (SSSR count). The van der Waals surface area contributed by atoms with Crippen molar-refractivity contribution in [3.63, 3.8) is 0 Å². The fourth-order valence-corrected chi connectivity index (χ4v) is 2.53. The van der Waals surface area contributed by atoms with E-state index >= 15 is 0 Å². The third-order valence-corrected chi connectivity index (χ3v) is 3.68. The van der Waals surface area contributed by atoms with Crippen LogP contribution >= 0.6 is 0 Å². The second-order valence-electron chi connectivity index (χ2n) is 4.38. The van der Waals surface area contributed by atoms with Crippen molar-refractivity contribution in [2.24, 2.45) is 0 Å². The van der Waals surface area contributed by atoms with Gasteiger partial charge in [-0.15, -0.1) is 0 Å². The van der Waals surface area contributed by atoms with E-state index in [0.29, 0.717) is 29.1 Å². The summed E-state index contributed by atoms with van der Waals surface area (Å²) in [5.41, 5.74) is 1.80. The van der Waals surface area contributed by atoms with Gasteiger partial charge in [-0.2, -0.15) is 0 Å². The molecule has 0 aliphatic carbocycles. The van der Waals surface area contributed by atoms with Crippen molar-refractivity contribution >= 4 is 10.8 Å². The predicted octanol–water partition coefficient (Wildman–Crippen LogP) is 0.445. The van der Waals surface area contributed by atoms with Crippen molar-refractivity contribution in [1.29, 1.82) is 0 Å². The normalized spacial score (nSPS) is 14.4. The standard InChI is InChI=1S/C12H20N2O3S/c1-8(7-18(3)17)13-5-11-10(6-15)4-14-9(2)12(11)16/h4,8,13,15-16H,5-7H2,1-3H3. The lowest BCUT2D eigenvalue weighted by Gasteiger charge is -2.16. The molecule has 0 aliphatic heterocycles. The molecule has 0 aromatic carbocycles. The molecule has 0 bridgehead atoms. The zero-order valence-corrected chi connectivity index (χ0v) is 11.8. The topological polar surface area (TPSA) is 82.5 Å². The molecule has 0 saturated carbocycles. The van der Waals surface area contributed by atoms with Crippen LogP contribution < -0.4 is 5.32 Å². The Morgan fingerprint density at radius 2 is 2.22 bits per heavy atom. The van der Waals surface area contributed by atoms with E-state index in [0.717, 1.165) is 0 Å². The van der Waals surface area contributed by atoms with E-state index in [4.69, 9.17) is 0 Å². The van der Waals surface area contributed by atoms with Crippen LogP contribution in [0.3, 0.4) is 0 Å². The fourth-order valence-electron chi connectivity index (χ4n) is 1.71. The molecular formula is C12H20N2O3S. The van der Waals surface area contributed by atoms with Crippen LogP contribution in [-0.4, -0.2) is 37.5 Å². The van der Waals surface area contributed by atoms with Crippen LogP contribution in [0, 0.1) is 6.92 Å². The summed E-state index contributed by atoms with van der Waals surface area (Å²) < 4.78 is 11.1. The maximum Gasteiger partial charge on any atom is 0.141 e. The highest BCUT2D eigenvalue weighted by molar-refractivity contribution is 7.84. The monoisotopic (exact) mass is 272 g/mol. The minimum atomic E-state index is -0.857. The third-order valence-electron chi connectivity index (χ3n) is 2.71. The summed E-state index contributed by atoms with van der Waals surface area (Å²) in [6, 6.07) is 0.0789. The number of aliphatic hydroxyl groups excluding tert-OH is 1. The summed E-state index contributed by atoms with van der Waals surface area (Å²) in [4.78, 5) is 4.00. The highest BCUT2D eigenvalue weighted by atomic mass is 32.2. The Hall–Kier alpha value is -0.980. The maximum atomic E-state index is 11.1. The van der Waals surface area contributed by atoms with Gasteiger partial charge in [0.25, 0.3) is 0 Å². The molecule has 0 fully saturated rings. The zero-order valence-electron chi connectivity index (χ0n) is 10.9. The number of nitrogens with zero attached hydrogens (tertiary/aromatic N) is 1. The first kappa shape index (κ1) is 15.1. The molecule has 0 aliphatic rings. The minimum absolute atomic E-state index is 0.0789. The zero-order chi connectivity index (χ0) is 13.7. The van der Waals surface area contributed by atoms with Gasteiger partial charge < -0.3 is 15.5 Å². The Bertz CT molecular complexity index is 438. The maximum absolute atomic E-state index is 11.1. The van der Waals surface area contributed by atoms with Gasteiger partial charge in [0.05, 0.1) is 12.3 Å². The number of aromatic nitrogens is 1. The number of aliphatic hydroxyl groups is 1. The van der Waals surface area contributed by atoms with Crippen LogP contribution in [0.2, 0.25) is 0 Å². The predicted molar refractivity (Wildman–Crippen MR) is 71.8 cm³/mol. The van der Waals surface area contributed by atoms with Crippen molar-refractivity contribution in [1.82, 2.24) is 10.3 Å². The summed E-state index contributed by atoms with van der Waals surface area (Å²) in [6.07, 6.45) is 3.22. The molecule has 6 heteroatoms.